The zero-order valence-electron chi connectivity index (χ0n) is 17.4. The van der Waals surface area contributed by atoms with Gasteiger partial charge in [0.1, 0.15) is 5.60 Å². The minimum absolute atomic E-state index is 0.0188. The van der Waals surface area contributed by atoms with Crippen LogP contribution in [0.4, 0.5) is 0 Å². The highest BCUT2D eigenvalue weighted by atomic mass is 127. The highest BCUT2D eigenvalue weighted by Crippen LogP contribution is 2.21. The highest BCUT2D eigenvalue weighted by Gasteiger charge is 2.24. The number of halogens is 1. The molecule has 26 heavy (non-hydrogen) atoms. The van der Waals surface area contributed by atoms with Crippen molar-refractivity contribution in [1.29, 1.82) is 0 Å². The Morgan fingerprint density at radius 3 is 2.04 bits per heavy atom. The molecule has 0 rings (SSSR count). The van der Waals surface area contributed by atoms with Gasteiger partial charge in [-0.25, -0.2) is 0 Å². The summed E-state index contributed by atoms with van der Waals surface area (Å²) in [6, 6.07) is 0. The Balaban J connectivity index is 4.21. The Labute approximate surface area is 172 Å². The molecular formula is C19H36INO5. The van der Waals surface area contributed by atoms with E-state index in [-0.39, 0.29) is 16.0 Å². The molecule has 0 spiro atoms. The molecule has 6 nitrogen and oxygen atoms in total. The molecule has 0 radical (unpaired) electrons. The van der Waals surface area contributed by atoms with Gasteiger partial charge in [-0.05, 0) is 77.5 Å². The zero-order valence-corrected chi connectivity index (χ0v) is 19.5. The van der Waals surface area contributed by atoms with E-state index >= 15 is 0 Å². The van der Waals surface area contributed by atoms with E-state index in [0.29, 0.717) is 38.9 Å². The predicted octanol–water partition coefficient (Wildman–Crippen LogP) is 4.26. The molecule has 0 aromatic carbocycles. The molecule has 0 saturated heterocycles. The molecule has 1 N–H and O–H groups in total. The summed E-state index contributed by atoms with van der Waals surface area (Å²) in [4.78, 5) is 16.8. The minimum Gasteiger partial charge on any atom is -0.393 e. The maximum absolute atomic E-state index is 11.1. The highest BCUT2D eigenvalue weighted by molar-refractivity contribution is 14.1. The van der Waals surface area contributed by atoms with Crippen LogP contribution in [0.3, 0.4) is 0 Å². The summed E-state index contributed by atoms with van der Waals surface area (Å²) in [7, 11) is 0. The van der Waals surface area contributed by atoms with Crippen molar-refractivity contribution in [1.82, 2.24) is 0 Å². The van der Waals surface area contributed by atoms with Crippen molar-refractivity contribution in [3.8, 4) is 0 Å². The number of ether oxygens (including phenoxy) is 2. The largest absolute Gasteiger partial charge is 0.393 e. The number of aliphatic hydroxyl groups excluding tert-OH is 1. The summed E-state index contributed by atoms with van der Waals surface area (Å²) in [6.07, 6.45) is 2.57. The zero-order chi connectivity index (χ0) is 20.4. The summed E-state index contributed by atoms with van der Waals surface area (Å²) in [5, 5.41) is 13.3. The van der Waals surface area contributed by atoms with Gasteiger partial charge in [-0.1, -0.05) is 5.16 Å². The lowest BCUT2D eigenvalue weighted by molar-refractivity contribution is -0.112. The van der Waals surface area contributed by atoms with E-state index in [1.165, 1.54) is 0 Å². The van der Waals surface area contributed by atoms with Crippen LogP contribution in [0.2, 0.25) is 0 Å². The molecular weight excluding hydrogens is 449 g/mol. The van der Waals surface area contributed by atoms with E-state index in [2.05, 4.69) is 5.16 Å². The second-order valence-electron chi connectivity index (χ2n) is 8.41. The molecule has 0 aromatic rings. The predicted molar refractivity (Wildman–Crippen MR) is 113 cm³/mol. The molecule has 0 amide bonds. The second kappa shape index (κ2) is 11.6. The summed E-state index contributed by atoms with van der Waals surface area (Å²) in [5.41, 5.74) is -0.463. The van der Waals surface area contributed by atoms with Crippen molar-refractivity contribution in [2.24, 2.45) is 5.16 Å². The SMILES string of the molecule is C/C(CCOC(C)(C)CO)=N\OC(C)(C)CCOC(C)(C)CCC(=O)I. The van der Waals surface area contributed by atoms with Crippen molar-refractivity contribution < 1.29 is 24.2 Å². The number of hydrogen-bond donors (Lipinski definition) is 1. The maximum atomic E-state index is 11.1. The van der Waals surface area contributed by atoms with Gasteiger partial charge in [-0.3, -0.25) is 4.79 Å². The van der Waals surface area contributed by atoms with Crippen LogP contribution >= 0.6 is 22.6 Å². The van der Waals surface area contributed by atoms with Crippen molar-refractivity contribution in [3.05, 3.63) is 0 Å². The van der Waals surface area contributed by atoms with Crippen LogP contribution < -0.4 is 0 Å². The number of nitrogens with zero attached hydrogens (tertiary/aromatic N) is 1. The summed E-state index contributed by atoms with van der Waals surface area (Å²) in [6.45, 7) is 14.5. The topological polar surface area (TPSA) is 77.3 Å². The molecule has 0 aliphatic heterocycles. The summed E-state index contributed by atoms with van der Waals surface area (Å²) in [5.74, 6) is 0. The van der Waals surface area contributed by atoms with E-state index < -0.39 is 11.2 Å². The van der Waals surface area contributed by atoms with Gasteiger partial charge < -0.3 is 19.4 Å². The first-order valence-electron chi connectivity index (χ1n) is 9.07. The number of carbonyl (C=O) groups excluding carboxylic acids is 1. The third-order valence-electron chi connectivity index (χ3n) is 3.91. The first-order chi connectivity index (χ1) is 11.8. The number of oxime groups is 1. The first kappa shape index (κ1) is 25.8. The lowest BCUT2D eigenvalue weighted by Gasteiger charge is -2.28. The van der Waals surface area contributed by atoms with Crippen molar-refractivity contribution in [2.45, 2.75) is 91.0 Å². The smallest absolute Gasteiger partial charge is 0.192 e. The van der Waals surface area contributed by atoms with Crippen LogP contribution in [-0.4, -0.2) is 51.2 Å². The monoisotopic (exact) mass is 485 g/mol. The molecule has 0 aliphatic carbocycles. The fraction of sp³-hybridized carbons (Fsp3) is 0.895. The molecule has 0 saturated carbocycles. The average molecular weight is 485 g/mol. The lowest BCUT2D eigenvalue weighted by Crippen LogP contribution is -2.30. The maximum Gasteiger partial charge on any atom is 0.192 e. The normalized spacial score (nSPS) is 13.8. The molecule has 154 valence electrons. The quantitative estimate of drug-likeness (QED) is 0.172. The van der Waals surface area contributed by atoms with Crippen LogP contribution in [0.25, 0.3) is 0 Å². The summed E-state index contributed by atoms with van der Waals surface area (Å²) < 4.78 is 11.7. The van der Waals surface area contributed by atoms with Gasteiger partial charge in [0.25, 0.3) is 0 Å². The Kier molecular flexibility index (Phi) is 11.4. The summed E-state index contributed by atoms with van der Waals surface area (Å²) >= 11 is 1.82. The fourth-order valence-electron chi connectivity index (χ4n) is 1.86. The third-order valence-corrected chi connectivity index (χ3v) is 4.45. The van der Waals surface area contributed by atoms with Crippen LogP contribution in [0.1, 0.15) is 74.1 Å². The molecule has 0 bridgehead atoms. The average Bonchev–Trinajstić information content (AvgIpc) is 2.51. The Bertz CT molecular complexity index is 461. The van der Waals surface area contributed by atoms with Gasteiger partial charge in [0.2, 0.25) is 0 Å². The Morgan fingerprint density at radius 1 is 0.923 bits per heavy atom. The Hall–Kier alpha value is -0.250. The van der Waals surface area contributed by atoms with Crippen molar-refractivity contribution in [2.75, 3.05) is 19.8 Å². The van der Waals surface area contributed by atoms with Gasteiger partial charge in [-0.15, -0.1) is 0 Å². The molecule has 0 aromatic heterocycles. The fourth-order valence-corrected chi connectivity index (χ4v) is 2.13. The van der Waals surface area contributed by atoms with Crippen LogP contribution in [0, 0.1) is 0 Å². The van der Waals surface area contributed by atoms with Crippen LogP contribution in [-0.2, 0) is 19.1 Å². The van der Waals surface area contributed by atoms with Crippen LogP contribution in [0.15, 0.2) is 5.16 Å². The van der Waals surface area contributed by atoms with E-state index in [9.17, 15) is 4.79 Å². The minimum atomic E-state index is -0.535. The molecule has 0 unspecified atom stereocenters. The van der Waals surface area contributed by atoms with Crippen LogP contribution in [0.5, 0.6) is 0 Å². The van der Waals surface area contributed by atoms with Gasteiger partial charge in [-0.2, -0.15) is 0 Å². The van der Waals surface area contributed by atoms with E-state index in [0.717, 1.165) is 5.71 Å². The molecule has 7 heteroatoms. The van der Waals surface area contributed by atoms with E-state index in [1.54, 1.807) is 0 Å². The second-order valence-corrected chi connectivity index (χ2v) is 9.61. The molecule has 0 heterocycles. The first-order valence-corrected chi connectivity index (χ1v) is 10.2. The van der Waals surface area contributed by atoms with Gasteiger partial charge >= 0.3 is 0 Å². The standard InChI is InChI=1S/C19H36INO5/c1-15(9-12-24-19(6,7)14-22)21-26-18(4,5)11-13-25-17(2,3)10-8-16(20)23/h22H,8-14H2,1-7H3/b21-15+. The van der Waals surface area contributed by atoms with E-state index in [1.807, 2.05) is 71.1 Å². The number of rotatable bonds is 14. The van der Waals surface area contributed by atoms with Crippen molar-refractivity contribution >= 4 is 32.1 Å². The molecule has 0 atom stereocenters. The Morgan fingerprint density at radius 2 is 1.50 bits per heavy atom. The molecule has 0 aliphatic rings. The lowest BCUT2D eigenvalue weighted by atomic mass is 10.0. The van der Waals surface area contributed by atoms with Crippen molar-refractivity contribution in [3.63, 3.8) is 0 Å². The van der Waals surface area contributed by atoms with Gasteiger partial charge in [0, 0.05) is 19.3 Å². The number of carbonyl (C=O) groups is 1. The molecule has 0 fully saturated rings. The van der Waals surface area contributed by atoms with Gasteiger partial charge in [0.05, 0.1) is 36.7 Å². The van der Waals surface area contributed by atoms with Gasteiger partial charge in [0.15, 0.2) is 3.79 Å². The van der Waals surface area contributed by atoms with E-state index in [4.69, 9.17) is 19.4 Å². The third kappa shape index (κ3) is 13.9. The number of aliphatic hydroxyl groups is 1. The number of hydrogen-bond acceptors (Lipinski definition) is 6.